The van der Waals surface area contributed by atoms with Gasteiger partial charge in [0.05, 0.1) is 17.1 Å². The Bertz CT molecular complexity index is 2720. The minimum Gasteiger partial charge on any atom is -0.455 e. The van der Waals surface area contributed by atoms with Crippen molar-refractivity contribution in [1.29, 1.82) is 0 Å². The van der Waals surface area contributed by atoms with Crippen molar-refractivity contribution < 1.29 is 4.42 Å². The number of nitrogens with zero attached hydrogens (tertiary/aromatic N) is 2. The Morgan fingerprint density at radius 3 is 1.85 bits per heavy atom. The van der Waals surface area contributed by atoms with Crippen molar-refractivity contribution in [3.63, 3.8) is 0 Å². The number of fused-ring (bicyclic) bond motifs is 6. The summed E-state index contributed by atoms with van der Waals surface area (Å²) in [4.78, 5) is 4.79. The number of hydrogen-bond donors (Lipinski definition) is 0. The zero-order valence-electron chi connectivity index (χ0n) is 29.1. The quantitative estimate of drug-likeness (QED) is 0.182. The first kappa shape index (κ1) is 30.3. The molecule has 1 aliphatic rings. The van der Waals surface area contributed by atoms with Gasteiger partial charge in [0.15, 0.2) is 0 Å². The van der Waals surface area contributed by atoms with Crippen LogP contribution in [0, 0.1) is 0 Å². The SMILES string of the molecule is CC1(C)c2ccccc2N(c2cc(-c3ccc(N(c4ccccc4)c4cccc5ccccc45)cc3)c3oc4ccccc4c3c2)c2ccccc21. The van der Waals surface area contributed by atoms with E-state index in [4.69, 9.17) is 4.42 Å². The molecule has 0 saturated carbocycles. The average Bonchev–Trinajstić information content (AvgIpc) is 3.57. The topological polar surface area (TPSA) is 19.6 Å². The number of hydrogen-bond acceptors (Lipinski definition) is 3. The predicted octanol–water partition coefficient (Wildman–Crippen LogP) is 14.0. The highest BCUT2D eigenvalue weighted by Crippen LogP contribution is 2.53. The Hall–Kier alpha value is -6.58. The number of rotatable bonds is 5. The summed E-state index contributed by atoms with van der Waals surface area (Å²) < 4.78 is 6.69. The molecule has 0 amide bonds. The maximum Gasteiger partial charge on any atom is 0.143 e. The van der Waals surface area contributed by atoms with E-state index < -0.39 is 0 Å². The minimum absolute atomic E-state index is 0.135. The first-order chi connectivity index (χ1) is 25.6. The van der Waals surface area contributed by atoms with Crippen molar-refractivity contribution in [1.82, 2.24) is 0 Å². The van der Waals surface area contributed by atoms with Gasteiger partial charge in [0, 0.05) is 44.2 Å². The van der Waals surface area contributed by atoms with Gasteiger partial charge in [-0.15, -0.1) is 0 Å². The first-order valence-electron chi connectivity index (χ1n) is 17.9. The lowest BCUT2D eigenvalue weighted by atomic mass is 9.73. The lowest BCUT2D eigenvalue weighted by Crippen LogP contribution is -2.30. The fourth-order valence-corrected chi connectivity index (χ4v) is 8.30. The normalized spacial score (nSPS) is 13.3. The van der Waals surface area contributed by atoms with Crippen LogP contribution in [0.5, 0.6) is 0 Å². The molecule has 3 heteroatoms. The summed E-state index contributed by atoms with van der Waals surface area (Å²) in [6.07, 6.45) is 0. The molecule has 0 radical (unpaired) electrons. The van der Waals surface area contributed by atoms with Crippen LogP contribution in [0.15, 0.2) is 186 Å². The van der Waals surface area contributed by atoms with Crippen LogP contribution in [0.4, 0.5) is 34.1 Å². The van der Waals surface area contributed by atoms with E-state index in [-0.39, 0.29) is 5.41 Å². The summed E-state index contributed by atoms with van der Waals surface area (Å²) in [6.45, 7) is 4.66. The van der Waals surface area contributed by atoms with Gasteiger partial charge in [-0.3, -0.25) is 0 Å². The van der Waals surface area contributed by atoms with E-state index in [1.54, 1.807) is 0 Å². The molecule has 0 N–H and O–H groups in total. The summed E-state index contributed by atoms with van der Waals surface area (Å²) in [5.74, 6) is 0. The zero-order valence-corrected chi connectivity index (χ0v) is 29.1. The maximum atomic E-state index is 6.69. The molecule has 0 spiro atoms. The Balaban J connectivity index is 1.17. The van der Waals surface area contributed by atoms with Gasteiger partial charge in [-0.05, 0) is 82.7 Å². The van der Waals surface area contributed by atoms with Crippen molar-refractivity contribution in [3.05, 3.63) is 193 Å². The number of benzene rings is 8. The smallest absolute Gasteiger partial charge is 0.143 e. The van der Waals surface area contributed by atoms with Crippen molar-refractivity contribution in [2.45, 2.75) is 19.3 Å². The van der Waals surface area contributed by atoms with E-state index >= 15 is 0 Å². The lowest BCUT2D eigenvalue weighted by molar-refractivity contribution is 0.632. The number of para-hydroxylation sites is 4. The lowest BCUT2D eigenvalue weighted by Gasteiger charge is -2.42. The second-order valence-electron chi connectivity index (χ2n) is 14.2. The van der Waals surface area contributed by atoms with E-state index in [2.05, 4.69) is 200 Å². The average molecular weight is 669 g/mol. The Labute approximate surface area is 303 Å². The Morgan fingerprint density at radius 2 is 1.10 bits per heavy atom. The molecule has 10 rings (SSSR count). The molecule has 52 heavy (non-hydrogen) atoms. The van der Waals surface area contributed by atoms with Crippen LogP contribution in [-0.2, 0) is 5.41 Å². The molecule has 0 fully saturated rings. The molecule has 0 saturated heterocycles. The molecule has 0 unspecified atom stereocenters. The third kappa shape index (κ3) is 4.66. The molecule has 1 aliphatic heterocycles. The first-order valence-corrected chi connectivity index (χ1v) is 17.9. The Kier molecular flexibility index (Phi) is 6.84. The highest BCUT2D eigenvalue weighted by Gasteiger charge is 2.36. The van der Waals surface area contributed by atoms with Crippen LogP contribution in [0.2, 0.25) is 0 Å². The Morgan fingerprint density at radius 1 is 0.500 bits per heavy atom. The summed E-state index contributed by atoms with van der Waals surface area (Å²) >= 11 is 0. The molecule has 0 bridgehead atoms. The molecule has 8 aromatic carbocycles. The molecule has 2 heterocycles. The van der Waals surface area contributed by atoms with Crippen molar-refractivity contribution in [2.24, 2.45) is 0 Å². The van der Waals surface area contributed by atoms with Gasteiger partial charge < -0.3 is 14.2 Å². The molecular weight excluding hydrogens is 633 g/mol. The van der Waals surface area contributed by atoms with Gasteiger partial charge in [0.25, 0.3) is 0 Å². The summed E-state index contributed by atoms with van der Waals surface area (Å²) in [7, 11) is 0. The standard InChI is InChI=1S/C49H36N2O/c1-49(2)42-21-9-11-23-45(42)51(46-24-12-10-22-43(46)49)37-31-40(48-41(32-37)39-20-8-13-26-47(39)52-48)34-27-29-36(30-28-34)50(35-17-4-3-5-18-35)44-25-14-16-33-15-6-7-19-38(33)44/h3-32H,1-2H3. The highest BCUT2D eigenvalue weighted by molar-refractivity contribution is 6.12. The van der Waals surface area contributed by atoms with Gasteiger partial charge in [-0.25, -0.2) is 0 Å². The number of anilines is 6. The fraction of sp³-hybridized carbons (Fsp3) is 0.0612. The monoisotopic (exact) mass is 668 g/mol. The minimum atomic E-state index is -0.135. The van der Waals surface area contributed by atoms with Crippen molar-refractivity contribution in [2.75, 3.05) is 9.80 Å². The van der Waals surface area contributed by atoms with Crippen LogP contribution >= 0.6 is 0 Å². The van der Waals surface area contributed by atoms with E-state index in [1.807, 2.05) is 6.07 Å². The highest BCUT2D eigenvalue weighted by atomic mass is 16.3. The van der Waals surface area contributed by atoms with Gasteiger partial charge >= 0.3 is 0 Å². The zero-order chi connectivity index (χ0) is 34.8. The van der Waals surface area contributed by atoms with Crippen LogP contribution in [0.3, 0.4) is 0 Å². The molecule has 0 aliphatic carbocycles. The van der Waals surface area contributed by atoms with Crippen LogP contribution in [0.25, 0.3) is 43.8 Å². The molecule has 0 atom stereocenters. The molecular formula is C49H36N2O. The third-order valence-electron chi connectivity index (χ3n) is 10.8. The molecule has 9 aromatic rings. The second-order valence-corrected chi connectivity index (χ2v) is 14.2. The molecule has 248 valence electrons. The summed E-state index contributed by atoms with van der Waals surface area (Å²) in [6, 6.07) is 65.4. The van der Waals surface area contributed by atoms with Gasteiger partial charge in [0.1, 0.15) is 11.2 Å². The van der Waals surface area contributed by atoms with Crippen LogP contribution < -0.4 is 9.80 Å². The van der Waals surface area contributed by atoms with Crippen molar-refractivity contribution >= 4 is 66.8 Å². The predicted molar refractivity (Wildman–Crippen MR) is 218 cm³/mol. The second kappa shape index (κ2) is 11.8. The molecule has 1 aromatic heterocycles. The largest absolute Gasteiger partial charge is 0.455 e. The van der Waals surface area contributed by atoms with Crippen LogP contribution in [0.1, 0.15) is 25.0 Å². The third-order valence-corrected chi connectivity index (χ3v) is 10.8. The van der Waals surface area contributed by atoms with E-state index in [9.17, 15) is 0 Å². The van der Waals surface area contributed by atoms with Gasteiger partial charge in [-0.2, -0.15) is 0 Å². The van der Waals surface area contributed by atoms with E-state index in [0.29, 0.717) is 0 Å². The summed E-state index contributed by atoms with van der Waals surface area (Å²) in [5, 5.41) is 4.64. The van der Waals surface area contributed by atoms with E-state index in [1.165, 1.54) is 33.3 Å². The van der Waals surface area contributed by atoms with E-state index in [0.717, 1.165) is 55.8 Å². The fourth-order valence-electron chi connectivity index (χ4n) is 8.30. The van der Waals surface area contributed by atoms with Crippen molar-refractivity contribution in [3.8, 4) is 11.1 Å². The maximum absolute atomic E-state index is 6.69. The van der Waals surface area contributed by atoms with Gasteiger partial charge in [0.2, 0.25) is 0 Å². The van der Waals surface area contributed by atoms with Gasteiger partial charge in [-0.1, -0.05) is 135 Å². The summed E-state index contributed by atoms with van der Waals surface area (Å²) in [5.41, 5.74) is 13.3. The molecule has 3 nitrogen and oxygen atoms in total. The number of furan rings is 1. The van der Waals surface area contributed by atoms with Crippen LogP contribution in [-0.4, -0.2) is 0 Å².